The minimum absolute atomic E-state index is 0.0948. The first kappa shape index (κ1) is 21.2. The lowest BCUT2D eigenvalue weighted by Crippen LogP contribution is -2.29. The maximum absolute atomic E-state index is 8.70. The molecule has 3 N–H and O–H groups in total. The van der Waals surface area contributed by atoms with Gasteiger partial charge in [0.15, 0.2) is 0 Å². The van der Waals surface area contributed by atoms with Crippen LogP contribution < -0.4 is 0 Å². The quantitative estimate of drug-likeness (QED) is 0.442. The molecule has 18 heavy (non-hydrogen) atoms. The van der Waals surface area contributed by atoms with Gasteiger partial charge in [0.25, 0.3) is 0 Å². The van der Waals surface area contributed by atoms with Gasteiger partial charge in [0.1, 0.15) is 0 Å². The first-order valence-corrected chi connectivity index (χ1v) is 8.57. The molecule has 0 heterocycles. The summed E-state index contributed by atoms with van der Waals surface area (Å²) in [6, 6.07) is 0. The van der Waals surface area contributed by atoms with Crippen LogP contribution in [0.3, 0.4) is 0 Å². The predicted molar refractivity (Wildman–Crippen MR) is 79.4 cm³/mol. The van der Waals surface area contributed by atoms with E-state index in [1.165, 1.54) is 0 Å². The first-order valence-electron chi connectivity index (χ1n) is 5.57. The summed E-state index contributed by atoms with van der Waals surface area (Å²) in [4.78, 5) is 15.2. The van der Waals surface area contributed by atoms with Crippen LogP contribution in [-0.4, -0.2) is 43.9 Å². The molecule has 0 saturated carbocycles. The number of aliphatic hydroxyl groups is 1. The van der Waals surface area contributed by atoms with Gasteiger partial charge in [0.05, 0.1) is 19.3 Å². The van der Waals surface area contributed by atoms with Gasteiger partial charge in [-0.3, -0.25) is 0 Å². The largest absolute Gasteiger partial charge is 0.692 e. The van der Waals surface area contributed by atoms with Crippen LogP contribution in [-0.2, 0) is 9.30 Å². The maximum atomic E-state index is 8.70. The highest BCUT2D eigenvalue weighted by atomic mass is 79.9. The zero-order valence-corrected chi connectivity index (χ0v) is 14.9. The Hall–Kier alpha value is 0.900. The third kappa shape index (κ3) is 15.0. The molecule has 4 atom stereocenters. The third-order valence-corrected chi connectivity index (χ3v) is 3.31. The lowest BCUT2D eigenvalue weighted by Gasteiger charge is -2.27. The van der Waals surface area contributed by atoms with Gasteiger partial charge in [0.2, 0.25) is 0 Å². The predicted octanol–water partition coefficient (Wildman–Crippen LogP) is 2.59. The number of hydrogen-bond donors (Lipinski definition) is 3. The summed E-state index contributed by atoms with van der Waals surface area (Å²) in [5, 5.41) is 8.67. The van der Waals surface area contributed by atoms with Gasteiger partial charge in [0, 0.05) is 14.2 Å². The van der Waals surface area contributed by atoms with Gasteiger partial charge in [-0.2, -0.15) is 0 Å². The standard InChI is InChI=1S/C10H20Br2O2.HO3P/c1-7(11)6-10(8(2)12)9(3)14-5-4-13;1-4(2)3/h7-10,13H,4-6H2,1-3H3;(H-,1,2,3)/p+1. The summed E-state index contributed by atoms with van der Waals surface area (Å²) in [5.41, 5.74) is 0. The van der Waals surface area contributed by atoms with E-state index in [-0.39, 0.29) is 12.7 Å². The lowest BCUT2D eigenvalue weighted by molar-refractivity contribution is 0.00463. The number of hydrogen-bond acceptors (Lipinski definition) is 3. The van der Waals surface area contributed by atoms with Crippen LogP contribution in [0.1, 0.15) is 27.2 Å². The van der Waals surface area contributed by atoms with Gasteiger partial charge in [-0.15, -0.1) is 9.79 Å². The Bertz CT molecular complexity index is 212. The zero-order chi connectivity index (χ0) is 14.7. The van der Waals surface area contributed by atoms with E-state index in [4.69, 9.17) is 24.2 Å². The minimum atomic E-state index is -2.87. The Morgan fingerprint density at radius 2 is 1.67 bits per heavy atom. The van der Waals surface area contributed by atoms with Crippen molar-refractivity contribution in [1.29, 1.82) is 0 Å². The van der Waals surface area contributed by atoms with Crippen LogP contribution >= 0.6 is 40.1 Å². The fourth-order valence-corrected chi connectivity index (χ4v) is 2.57. The zero-order valence-electron chi connectivity index (χ0n) is 10.8. The smallest absolute Gasteiger partial charge is 0.394 e. The Morgan fingerprint density at radius 1 is 1.22 bits per heavy atom. The van der Waals surface area contributed by atoms with E-state index in [2.05, 4.69) is 52.6 Å². The van der Waals surface area contributed by atoms with E-state index in [1.807, 2.05) is 0 Å². The maximum Gasteiger partial charge on any atom is 0.692 e. The Balaban J connectivity index is 0. The van der Waals surface area contributed by atoms with E-state index in [0.29, 0.717) is 22.2 Å². The Labute approximate surface area is 126 Å². The molecule has 0 aliphatic heterocycles. The minimum Gasteiger partial charge on any atom is -0.394 e. The second-order valence-electron chi connectivity index (χ2n) is 3.91. The van der Waals surface area contributed by atoms with Gasteiger partial charge < -0.3 is 9.84 Å². The summed E-state index contributed by atoms with van der Waals surface area (Å²) in [6.45, 7) is 6.86. The average molecular weight is 413 g/mol. The highest BCUT2D eigenvalue weighted by molar-refractivity contribution is 9.09. The van der Waals surface area contributed by atoms with Crippen molar-refractivity contribution in [3.8, 4) is 0 Å². The van der Waals surface area contributed by atoms with Gasteiger partial charge >= 0.3 is 8.25 Å². The monoisotopic (exact) mass is 411 g/mol. The van der Waals surface area contributed by atoms with Crippen LogP contribution in [0.2, 0.25) is 0 Å². The SMILES string of the molecule is CC(Br)CC(C(C)Br)C(C)OCCO.O=[P+](O)O. The Morgan fingerprint density at radius 3 is 1.94 bits per heavy atom. The number of rotatable bonds is 7. The van der Waals surface area contributed by atoms with Crippen molar-refractivity contribution in [2.24, 2.45) is 5.92 Å². The summed E-state index contributed by atoms with van der Waals surface area (Å²) < 4.78 is 14.2. The molecule has 0 aromatic rings. The number of aliphatic hydroxyl groups excluding tert-OH is 1. The fourth-order valence-electron chi connectivity index (χ4n) is 1.49. The van der Waals surface area contributed by atoms with Crippen LogP contribution in [0.25, 0.3) is 0 Å². The molecule has 0 amide bonds. The molecule has 0 aliphatic carbocycles. The van der Waals surface area contributed by atoms with E-state index >= 15 is 0 Å². The second kappa shape index (κ2) is 12.9. The molecule has 0 radical (unpaired) electrons. The highest BCUT2D eigenvalue weighted by Crippen LogP contribution is 2.26. The summed E-state index contributed by atoms with van der Waals surface area (Å²) in [5.74, 6) is 0.468. The van der Waals surface area contributed by atoms with Crippen molar-refractivity contribution in [2.45, 2.75) is 43.0 Å². The third-order valence-electron chi connectivity index (χ3n) is 2.26. The van der Waals surface area contributed by atoms with E-state index in [9.17, 15) is 0 Å². The summed E-state index contributed by atoms with van der Waals surface area (Å²) in [7, 11) is -2.87. The number of ether oxygens (including phenoxy) is 1. The average Bonchev–Trinajstić information content (AvgIpc) is 2.21. The molecule has 0 aromatic carbocycles. The summed E-state index contributed by atoms with van der Waals surface area (Å²) in [6.07, 6.45) is 1.25. The lowest BCUT2D eigenvalue weighted by atomic mass is 9.95. The van der Waals surface area contributed by atoms with Gasteiger partial charge in [-0.25, -0.2) is 0 Å². The van der Waals surface area contributed by atoms with E-state index < -0.39 is 8.25 Å². The molecule has 5 nitrogen and oxygen atoms in total. The molecular weight excluding hydrogens is 391 g/mol. The van der Waals surface area contributed by atoms with Gasteiger partial charge in [-0.05, 0) is 19.3 Å². The summed E-state index contributed by atoms with van der Waals surface area (Å²) >= 11 is 7.15. The number of halogens is 2. The molecule has 0 aliphatic rings. The fraction of sp³-hybridized carbons (Fsp3) is 1.00. The number of alkyl halides is 2. The van der Waals surface area contributed by atoms with Crippen LogP contribution in [0.15, 0.2) is 0 Å². The van der Waals surface area contributed by atoms with Crippen molar-refractivity contribution in [2.75, 3.05) is 13.2 Å². The van der Waals surface area contributed by atoms with Crippen molar-refractivity contribution >= 4 is 40.1 Å². The first-order chi connectivity index (χ1) is 8.22. The van der Waals surface area contributed by atoms with E-state index in [1.54, 1.807) is 0 Å². The molecule has 0 spiro atoms. The van der Waals surface area contributed by atoms with Crippen molar-refractivity contribution in [1.82, 2.24) is 0 Å². The molecule has 110 valence electrons. The Kier molecular flexibility index (Phi) is 15.2. The molecule has 0 bridgehead atoms. The van der Waals surface area contributed by atoms with Crippen LogP contribution in [0.5, 0.6) is 0 Å². The van der Waals surface area contributed by atoms with Crippen molar-refractivity contribution in [3.63, 3.8) is 0 Å². The van der Waals surface area contributed by atoms with Gasteiger partial charge in [-0.1, -0.05) is 45.7 Å². The van der Waals surface area contributed by atoms with Crippen molar-refractivity contribution in [3.05, 3.63) is 0 Å². The highest BCUT2D eigenvalue weighted by Gasteiger charge is 2.23. The molecule has 0 saturated heterocycles. The molecular formula is C10H22Br2O5P+. The molecule has 0 aromatic heterocycles. The molecule has 0 fully saturated rings. The van der Waals surface area contributed by atoms with Crippen LogP contribution in [0.4, 0.5) is 0 Å². The normalized spacial score (nSPS) is 17.1. The second-order valence-corrected chi connectivity index (χ2v) is 7.42. The molecule has 4 unspecified atom stereocenters. The van der Waals surface area contributed by atoms with Crippen LogP contribution in [0, 0.1) is 5.92 Å². The molecule has 0 rings (SSSR count). The molecule has 8 heteroatoms. The topological polar surface area (TPSA) is 87.0 Å². The van der Waals surface area contributed by atoms with Crippen molar-refractivity contribution < 1.29 is 24.2 Å². The van der Waals surface area contributed by atoms with E-state index in [0.717, 1.165) is 6.42 Å².